The van der Waals surface area contributed by atoms with Gasteiger partial charge < -0.3 is 5.32 Å². The summed E-state index contributed by atoms with van der Waals surface area (Å²) in [5.74, 6) is -0.635. The van der Waals surface area contributed by atoms with Gasteiger partial charge >= 0.3 is 0 Å². The molecule has 1 amide bonds. The van der Waals surface area contributed by atoms with Crippen molar-refractivity contribution in [2.24, 2.45) is 0 Å². The Balaban J connectivity index is 2.98. The van der Waals surface area contributed by atoms with Gasteiger partial charge in [-0.2, -0.15) is 0 Å². The number of hydrogen-bond acceptors (Lipinski definition) is 1. The summed E-state index contributed by atoms with van der Waals surface area (Å²) in [6.07, 6.45) is 0.276. The van der Waals surface area contributed by atoms with Gasteiger partial charge in [-0.25, -0.2) is 4.39 Å². The van der Waals surface area contributed by atoms with Crippen LogP contribution >= 0.6 is 34.8 Å². The van der Waals surface area contributed by atoms with Crippen LogP contribution in [0.25, 0.3) is 0 Å². The van der Waals surface area contributed by atoms with Gasteiger partial charge in [-0.15, -0.1) is 0 Å². The Morgan fingerprint density at radius 2 is 1.88 bits per heavy atom. The van der Waals surface area contributed by atoms with Gasteiger partial charge in [0.15, 0.2) is 0 Å². The number of nitrogens with one attached hydrogen (secondary N) is 1. The first-order chi connectivity index (χ1) is 7.84. The second-order valence-electron chi connectivity index (χ2n) is 3.45. The van der Waals surface area contributed by atoms with E-state index in [1.807, 2.05) is 0 Å². The third-order valence-corrected chi connectivity index (χ3v) is 2.81. The zero-order valence-electron chi connectivity index (χ0n) is 9.01. The molecule has 0 saturated heterocycles. The van der Waals surface area contributed by atoms with E-state index in [2.05, 4.69) is 5.32 Å². The van der Waals surface area contributed by atoms with Crippen molar-refractivity contribution in [2.45, 2.75) is 23.2 Å². The summed E-state index contributed by atoms with van der Waals surface area (Å²) in [6.45, 7) is 1.69. The van der Waals surface area contributed by atoms with E-state index >= 15 is 0 Å². The van der Waals surface area contributed by atoms with Crippen molar-refractivity contribution in [1.82, 2.24) is 5.32 Å². The topological polar surface area (TPSA) is 29.1 Å². The first-order valence-electron chi connectivity index (χ1n) is 4.96. The van der Waals surface area contributed by atoms with Crippen LogP contribution < -0.4 is 5.32 Å². The lowest BCUT2D eigenvalue weighted by atomic mass is 10.1. The van der Waals surface area contributed by atoms with Crippen LogP contribution in [0, 0.1) is 5.82 Å². The Morgan fingerprint density at radius 1 is 1.35 bits per heavy atom. The molecule has 0 heterocycles. The van der Waals surface area contributed by atoms with Crippen LogP contribution in [0.2, 0.25) is 0 Å². The van der Waals surface area contributed by atoms with Crippen molar-refractivity contribution < 1.29 is 9.18 Å². The molecule has 0 saturated carbocycles. The van der Waals surface area contributed by atoms with Gasteiger partial charge in [0, 0.05) is 6.42 Å². The summed E-state index contributed by atoms with van der Waals surface area (Å²) in [6, 6.07) is 4.63. The minimum absolute atomic E-state index is 0.245. The summed E-state index contributed by atoms with van der Waals surface area (Å²) in [4.78, 5) is 11.3. The Morgan fingerprint density at radius 3 is 2.29 bits per heavy atom. The lowest BCUT2D eigenvalue weighted by Crippen LogP contribution is -2.36. The quantitative estimate of drug-likeness (QED) is 0.846. The summed E-state index contributed by atoms with van der Waals surface area (Å²) in [5, 5.41) is 2.59. The van der Waals surface area contributed by atoms with Gasteiger partial charge in [-0.3, -0.25) is 4.79 Å². The number of halogens is 4. The largest absolute Gasteiger partial charge is 0.345 e. The summed E-state index contributed by atoms with van der Waals surface area (Å²) in [7, 11) is 0. The van der Waals surface area contributed by atoms with Gasteiger partial charge in [-0.05, 0) is 17.7 Å². The lowest BCUT2D eigenvalue weighted by molar-refractivity contribution is -0.121. The number of amides is 1. The molecule has 0 fully saturated rings. The van der Waals surface area contributed by atoms with Crippen molar-refractivity contribution >= 4 is 40.7 Å². The third kappa shape index (κ3) is 4.34. The molecule has 0 aromatic heterocycles. The van der Waals surface area contributed by atoms with Crippen LogP contribution in [0.3, 0.4) is 0 Å². The van der Waals surface area contributed by atoms with Crippen LogP contribution in [0.5, 0.6) is 0 Å². The van der Waals surface area contributed by atoms with Crippen molar-refractivity contribution in [3.05, 3.63) is 35.6 Å². The number of rotatable bonds is 3. The van der Waals surface area contributed by atoms with Gasteiger partial charge in [0.05, 0.1) is 0 Å². The zero-order chi connectivity index (χ0) is 13.1. The average Bonchev–Trinajstić information content (AvgIpc) is 2.25. The highest BCUT2D eigenvalue weighted by Gasteiger charge is 2.34. The highest BCUT2D eigenvalue weighted by molar-refractivity contribution is 6.68. The van der Waals surface area contributed by atoms with Gasteiger partial charge in [-0.1, -0.05) is 53.9 Å². The van der Waals surface area contributed by atoms with E-state index in [0.29, 0.717) is 5.56 Å². The third-order valence-electron chi connectivity index (χ3n) is 2.16. The smallest absolute Gasteiger partial charge is 0.220 e. The Hall–Kier alpha value is -0.510. The second-order valence-corrected chi connectivity index (χ2v) is 5.82. The summed E-state index contributed by atoms with van der Waals surface area (Å²) in [5.41, 5.74) is 0.535. The SMILES string of the molecule is CCC(=O)N[C@@H](c1ccc(F)cc1)C(Cl)(Cl)Cl. The van der Waals surface area contributed by atoms with E-state index in [-0.39, 0.29) is 12.3 Å². The number of carbonyl (C=O) groups is 1. The van der Waals surface area contributed by atoms with Crippen LogP contribution in [-0.2, 0) is 4.79 Å². The standard InChI is InChI=1S/C11H11Cl3FNO/c1-2-9(17)16-10(11(12,13)14)7-3-5-8(15)6-4-7/h3-6,10H,2H2,1H3,(H,16,17)/t10-/m0/s1. The van der Waals surface area contributed by atoms with Gasteiger partial charge in [0.1, 0.15) is 11.9 Å². The molecule has 0 spiro atoms. The predicted molar refractivity (Wildman–Crippen MR) is 67.9 cm³/mol. The number of benzene rings is 1. The molecule has 0 unspecified atom stereocenters. The first-order valence-corrected chi connectivity index (χ1v) is 6.09. The molecular weight excluding hydrogens is 287 g/mol. The fourth-order valence-electron chi connectivity index (χ4n) is 1.27. The molecular formula is C11H11Cl3FNO. The maximum absolute atomic E-state index is 12.8. The maximum Gasteiger partial charge on any atom is 0.220 e. The summed E-state index contributed by atoms with van der Waals surface area (Å²) < 4.78 is 11.1. The lowest BCUT2D eigenvalue weighted by Gasteiger charge is -2.25. The minimum Gasteiger partial charge on any atom is -0.345 e. The fourth-order valence-corrected chi connectivity index (χ4v) is 1.81. The molecule has 2 nitrogen and oxygen atoms in total. The van der Waals surface area contributed by atoms with Crippen molar-refractivity contribution in [3.63, 3.8) is 0 Å². The van der Waals surface area contributed by atoms with Gasteiger partial charge in [0.2, 0.25) is 9.70 Å². The van der Waals surface area contributed by atoms with Crippen LogP contribution in [-0.4, -0.2) is 9.70 Å². The van der Waals surface area contributed by atoms with E-state index in [1.165, 1.54) is 24.3 Å². The van der Waals surface area contributed by atoms with E-state index in [0.717, 1.165) is 0 Å². The highest BCUT2D eigenvalue weighted by atomic mass is 35.6. The molecule has 6 heteroatoms. The second kappa shape index (κ2) is 5.89. The van der Waals surface area contributed by atoms with Gasteiger partial charge in [0.25, 0.3) is 0 Å². The molecule has 0 aliphatic heterocycles. The minimum atomic E-state index is -1.69. The Kier molecular flexibility index (Phi) is 5.04. The van der Waals surface area contributed by atoms with Crippen molar-refractivity contribution in [1.29, 1.82) is 0 Å². The van der Waals surface area contributed by atoms with Crippen LogP contribution in [0.15, 0.2) is 24.3 Å². The summed E-state index contributed by atoms with van der Waals surface area (Å²) >= 11 is 17.4. The Bertz CT molecular complexity index is 389. The number of hydrogen-bond donors (Lipinski definition) is 1. The molecule has 94 valence electrons. The first kappa shape index (κ1) is 14.6. The van der Waals surface area contributed by atoms with E-state index in [9.17, 15) is 9.18 Å². The molecule has 1 aromatic rings. The van der Waals surface area contributed by atoms with Crippen molar-refractivity contribution in [2.75, 3.05) is 0 Å². The molecule has 0 aliphatic carbocycles. The molecule has 1 aromatic carbocycles. The van der Waals surface area contributed by atoms with Crippen molar-refractivity contribution in [3.8, 4) is 0 Å². The maximum atomic E-state index is 12.8. The fraction of sp³-hybridized carbons (Fsp3) is 0.364. The van der Waals surface area contributed by atoms with Crippen LogP contribution in [0.1, 0.15) is 24.9 Å². The van der Waals surface area contributed by atoms with E-state index in [1.54, 1.807) is 6.92 Å². The van der Waals surface area contributed by atoms with Crippen LogP contribution in [0.4, 0.5) is 4.39 Å². The molecule has 1 N–H and O–H groups in total. The molecule has 1 rings (SSSR count). The zero-order valence-corrected chi connectivity index (χ0v) is 11.3. The molecule has 0 radical (unpaired) electrons. The molecule has 0 aliphatic rings. The highest BCUT2D eigenvalue weighted by Crippen LogP contribution is 2.39. The average molecular weight is 299 g/mol. The number of alkyl halides is 3. The van der Waals surface area contributed by atoms with E-state index < -0.39 is 15.7 Å². The normalized spacial score (nSPS) is 13.2. The molecule has 17 heavy (non-hydrogen) atoms. The molecule has 1 atom stereocenters. The monoisotopic (exact) mass is 297 g/mol. The number of carbonyl (C=O) groups excluding carboxylic acids is 1. The Labute approximate surface area is 114 Å². The molecule has 0 bridgehead atoms. The predicted octanol–water partition coefficient (Wildman–Crippen LogP) is 3.76. The van der Waals surface area contributed by atoms with E-state index in [4.69, 9.17) is 34.8 Å².